The number of nitrogens with zero attached hydrogens (tertiary/aromatic N) is 4. The topological polar surface area (TPSA) is 71.6 Å². The van der Waals surface area contributed by atoms with Gasteiger partial charge >= 0.3 is 0 Å². The van der Waals surface area contributed by atoms with Crippen LogP contribution in [0.15, 0.2) is 22.9 Å². The lowest BCUT2D eigenvalue weighted by Gasteiger charge is -2.29. The summed E-state index contributed by atoms with van der Waals surface area (Å²) >= 11 is 0. The molecule has 26 heavy (non-hydrogen) atoms. The molecular formula is C19H26N4O3. The summed E-state index contributed by atoms with van der Waals surface area (Å²) in [4.78, 5) is 29.1. The Balaban J connectivity index is 1.89. The lowest BCUT2D eigenvalue weighted by atomic mass is 9.92. The number of carbonyl (C=O) groups excluding carboxylic acids is 2. The molecule has 3 rings (SSSR count). The highest BCUT2D eigenvalue weighted by Crippen LogP contribution is 2.39. The molecule has 0 radical (unpaired) electrons. The van der Waals surface area contributed by atoms with Gasteiger partial charge in [-0.25, -0.2) is 0 Å². The monoisotopic (exact) mass is 358 g/mol. The molecule has 0 unspecified atom stereocenters. The van der Waals surface area contributed by atoms with E-state index in [1.807, 2.05) is 33.9 Å². The summed E-state index contributed by atoms with van der Waals surface area (Å²) in [7, 11) is 3.63. The second kappa shape index (κ2) is 6.97. The Morgan fingerprint density at radius 2 is 2.12 bits per heavy atom. The molecule has 0 bridgehead atoms. The zero-order chi connectivity index (χ0) is 19.0. The van der Waals surface area contributed by atoms with E-state index in [1.54, 1.807) is 34.0 Å². The molecule has 0 aromatic carbocycles. The molecule has 7 nitrogen and oxygen atoms in total. The molecule has 0 saturated carbocycles. The van der Waals surface area contributed by atoms with E-state index in [0.717, 1.165) is 22.6 Å². The van der Waals surface area contributed by atoms with Crippen molar-refractivity contribution in [1.29, 1.82) is 0 Å². The number of amides is 2. The van der Waals surface area contributed by atoms with E-state index in [9.17, 15) is 9.59 Å². The highest BCUT2D eigenvalue weighted by Gasteiger charge is 2.45. The van der Waals surface area contributed by atoms with Crippen molar-refractivity contribution in [2.75, 3.05) is 13.6 Å². The fourth-order valence-electron chi connectivity index (χ4n) is 3.64. The van der Waals surface area contributed by atoms with Crippen LogP contribution in [0.1, 0.15) is 42.0 Å². The van der Waals surface area contributed by atoms with Gasteiger partial charge in [-0.05, 0) is 32.4 Å². The molecule has 3 heterocycles. The number of rotatable bonds is 5. The first-order chi connectivity index (χ1) is 12.3. The number of likely N-dealkylation sites (tertiary alicyclic amines) is 1. The van der Waals surface area contributed by atoms with Crippen molar-refractivity contribution in [1.82, 2.24) is 19.6 Å². The number of aryl methyl sites for hydroxylation is 2. The minimum absolute atomic E-state index is 0.0122. The van der Waals surface area contributed by atoms with Crippen LogP contribution in [0.25, 0.3) is 0 Å². The van der Waals surface area contributed by atoms with E-state index >= 15 is 0 Å². The summed E-state index contributed by atoms with van der Waals surface area (Å²) in [5, 5.41) is 4.29. The Kier molecular flexibility index (Phi) is 4.89. The number of hydrogen-bond donors (Lipinski definition) is 0. The third kappa shape index (κ3) is 3.02. The number of carbonyl (C=O) groups is 2. The third-order valence-electron chi connectivity index (χ3n) is 5.49. The van der Waals surface area contributed by atoms with Crippen molar-refractivity contribution in [3.63, 3.8) is 0 Å². The molecular weight excluding hydrogens is 332 g/mol. The summed E-state index contributed by atoms with van der Waals surface area (Å²) in [5.74, 6) is 0.341. The van der Waals surface area contributed by atoms with Crippen LogP contribution in [-0.4, -0.2) is 45.0 Å². The van der Waals surface area contributed by atoms with Gasteiger partial charge in [-0.2, -0.15) is 5.10 Å². The van der Waals surface area contributed by atoms with Crippen molar-refractivity contribution in [3.8, 4) is 0 Å². The minimum atomic E-state index is -0.411. The van der Waals surface area contributed by atoms with Crippen LogP contribution >= 0.6 is 0 Å². The Morgan fingerprint density at radius 1 is 1.38 bits per heavy atom. The quantitative estimate of drug-likeness (QED) is 0.821. The van der Waals surface area contributed by atoms with Gasteiger partial charge < -0.3 is 14.2 Å². The number of aromatic nitrogens is 2. The van der Waals surface area contributed by atoms with Crippen molar-refractivity contribution < 1.29 is 14.0 Å². The summed E-state index contributed by atoms with van der Waals surface area (Å²) in [6, 6.07) is 1.61. The molecule has 2 aromatic rings. The van der Waals surface area contributed by atoms with Gasteiger partial charge in [0.2, 0.25) is 11.8 Å². The van der Waals surface area contributed by atoms with Crippen LogP contribution in [0.5, 0.6) is 0 Å². The highest BCUT2D eigenvalue weighted by molar-refractivity contribution is 5.90. The SMILES string of the molecule is CCN(Cc1occc1C)C(=O)[C@H]1CC(=O)N(C)[C@@H]1c1cnn(C)c1C. The van der Waals surface area contributed by atoms with Crippen LogP contribution < -0.4 is 0 Å². The van der Waals surface area contributed by atoms with Gasteiger partial charge in [-0.1, -0.05) is 0 Å². The molecule has 2 aromatic heterocycles. The van der Waals surface area contributed by atoms with Gasteiger partial charge in [0.15, 0.2) is 0 Å². The molecule has 1 saturated heterocycles. The van der Waals surface area contributed by atoms with Crippen molar-refractivity contribution in [2.24, 2.45) is 13.0 Å². The fourth-order valence-corrected chi connectivity index (χ4v) is 3.64. The van der Waals surface area contributed by atoms with Crippen molar-refractivity contribution >= 4 is 11.8 Å². The van der Waals surface area contributed by atoms with E-state index in [1.165, 1.54) is 0 Å². The van der Waals surface area contributed by atoms with Crippen molar-refractivity contribution in [3.05, 3.63) is 41.1 Å². The second-order valence-corrected chi connectivity index (χ2v) is 6.95. The van der Waals surface area contributed by atoms with Gasteiger partial charge in [-0.15, -0.1) is 0 Å². The zero-order valence-electron chi connectivity index (χ0n) is 16.0. The van der Waals surface area contributed by atoms with Gasteiger partial charge in [0, 0.05) is 38.3 Å². The van der Waals surface area contributed by atoms with Crippen LogP contribution in [0, 0.1) is 19.8 Å². The van der Waals surface area contributed by atoms with E-state index < -0.39 is 5.92 Å². The van der Waals surface area contributed by atoms with Crippen molar-refractivity contribution in [2.45, 2.75) is 39.8 Å². The summed E-state index contributed by atoms with van der Waals surface area (Å²) in [6.07, 6.45) is 3.63. The first-order valence-corrected chi connectivity index (χ1v) is 8.91. The largest absolute Gasteiger partial charge is 0.467 e. The van der Waals surface area contributed by atoms with Crippen LogP contribution in [0.2, 0.25) is 0 Å². The smallest absolute Gasteiger partial charge is 0.229 e. The Bertz CT molecular complexity index is 823. The molecule has 1 aliphatic heterocycles. The molecule has 1 aliphatic rings. The zero-order valence-corrected chi connectivity index (χ0v) is 16.0. The molecule has 0 spiro atoms. The number of hydrogen-bond acceptors (Lipinski definition) is 4. The Hall–Kier alpha value is -2.57. The molecule has 2 amide bonds. The maximum atomic E-state index is 13.3. The van der Waals surface area contributed by atoms with E-state index in [2.05, 4.69) is 5.10 Å². The summed E-state index contributed by atoms with van der Waals surface area (Å²) in [6.45, 7) is 6.85. The Morgan fingerprint density at radius 3 is 2.65 bits per heavy atom. The maximum absolute atomic E-state index is 13.3. The molecule has 1 fully saturated rings. The van der Waals surface area contributed by atoms with Gasteiger partial charge in [-0.3, -0.25) is 14.3 Å². The third-order valence-corrected chi connectivity index (χ3v) is 5.49. The lowest BCUT2D eigenvalue weighted by Crippen LogP contribution is -2.38. The fraction of sp³-hybridized carbons (Fsp3) is 0.526. The predicted molar refractivity (Wildman–Crippen MR) is 96.1 cm³/mol. The van der Waals surface area contributed by atoms with Crippen LogP contribution in [-0.2, 0) is 23.2 Å². The molecule has 0 aliphatic carbocycles. The Labute approximate surface area is 153 Å². The maximum Gasteiger partial charge on any atom is 0.229 e. The van der Waals surface area contributed by atoms with Gasteiger partial charge in [0.05, 0.1) is 31.0 Å². The molecule has 140 valence electrons. The van der Waals surface area contributed by atoms with Crippen LogP contribution in [0.3, 0.4) is 0 Å². The van der Waals surface area contributed by atoms with Gasteiger partial charge in [0.1, 0.15) is 5.76 Å². The van der Waals surface area contributed by atoms with E-state index in [-0.39, 0.29) is 24.3 Å². The molecule has 2 atom stereocenters. The lowest BCUT2D eigenvalue weighted by molar-refractivity contribution is -0.137. The molecule has 0 N–H and O–H groups in total. The highest BCUT2D eigenvalue weighted by atomic mass is 16.3. The first kappa shape index (κ1) is 18.2. The van der Waals surface area contributed by atoms with Gasteiger partial charge in [0.25, 0.3) is 0 Å². The van der Waals surface area contributed by atoms with Crippen LogP contribution in [0.4, 0.5) is 0 Å². The molecule has 7 heteroatoms. The number of furan rings is 1. The minimum Gasteiger partial charge on any atom is -0.467 e. The second-order valence-electron chi connectivity index (χ2n) is 6.95. The van der Waals surface area contributed by atoms with E-state index in [4.69, 9.17) is 4.42 Å². The summed E-state index contributed by atoms with van der Waals surface area (Å²) in [5.41, 5.74) is 2.93. The predicted octanol–water partition coefficient (Wildman–Crippen LogP) is 2.20. The standard InChI is InChI=1S/C19H26N4O3/c1-6-23(11-16-12(2)7-8-26-16)19(25)14-9-17(24)21(4)18(14)15-10-20-22(5)13(15)3/h7-8,10,14,18H,6,9,11H2,1-5H3/t14-,18-/m0/s1. The van der Waals surface area contributed by atoms with E-state index in [0.29, 0.717) is 13.1 Å². The average Bonchev–Trinajstić information content (AvgIpc) is 3.26. The normalized spacial score (nSPS) is 20.0. The average molecular weight is 358 g/mol. The first-order valence-electron chi connectivity index (χ1n) is 8.91. The summed E-state index contributed by atoms with van der Waals surface area (Å²) < 4.78 is 7.28.